The van der Waals surface area contributed by atoms with Crippen LogP contribution < -0.4 is 5.48 Å². The molecule has 0 fully saturated rings. The second-order valence-electron chi connectivity index (χ2n) is 4.29. The van der Waals surface area contributed by atoms with Gasteiger partial charge >= 0.3 is 11.9 Å². The van der Waals surface area contributed by atoms with Gasteiger partial charge in [-0.1, -0.05) is 12.1 Å². The molecule has 7 nitrogen and oxygen atoms in total. The third-order valence-electron chi connectivity index (χ3n) is 2.68. The van der Waals surface area contributed by atoms with E-state index >= 15 is 0 Å². The van der Waals surface area contributed by atoms with Crippen molar-refractivity contribution in [3.63, 3.8) is 0 Å². The quantitative estimate of drug-likeness (QED) is 0.414. The smallest absolute Gasteiger partial charge is 0.335 e. The van der Waals surface area contributed by atoms with Crippen molar-refractivity contribution in [2.75, 3.05) is 11.5 Å². The molecule has 21 heavy (non-hydrogen) atoms. The number of rotatable bonds is 8. The molecule has 1 aromatic rings. The molecular formula is C13H15NO6S. The third-order valence-corrected chi connectivity index (χ3v) is 3.79. The molecule has 0 spiro atoms. The van der Waals surface area contributed by atoms with E-state index in [1.165, 1.54) is 17.6 Å². The molecule has 114 valence electrons. The summed E-state index contributed by atoms with van der Waals surface area (Å²) in [5.74, 6) is -3.30. The normalized spacial score (nSPS) is 11.7. The van der Waals surface area contributed by atoms with Gasteiger partial charge in [0.2, 0.25) is 0 Å². The molecule has 0 aliphatic rings. The minimum absolute atomic E-state index is 0.0462. The zero-order chi connectivity index (χ0) is 15.8. The molecule has 0 aromatic heterocycles. The van der Waals surface area contributed by atoms with E-state index in [-0.39, 0.29) is 23.5 Å². The summed E-state index contributed by atoms with van der Waals surface area (Å²) in [4.78, 5) is 32.9. The van der Waals surface area contributed by atoms with Gasteiger partial charge in [-0.3, -0.25) is 14.8 Å². The number of carbonyl (C=O) groups is 3. The number of aromatic carboxylic acids is 1. The number of carboxylic acid groups (broad SMARTS) is 2. The summed E-state index contributed by atoms with van der Waals surface area (Å²) in [5, 5.41) is 26.4. The molecular weight excluding hydrogens is 298 g/mol. The number of carboxylic acids is 2. The Hall–Kier alpha value is -2.06. The molecule has 1 amide bonds. The predicted octanol–water partition coefficient (Wildman–Crippen LogP) is 0.867. The van der Waals surface area contributed by atoms with Crippen molar-refractivity contribution < 1.29 is 29.8 Å². The first kappa shape index (κ1) is 17.0. The molecule has 1 aromatic carbocycles. The fraction of sp³-hybridized carbons (Fsp3) is 0.308. The number of hydrogen-bond donors (Lipinski definition) is 4. The number of carbonyl (C=O) groups excluding carboxylic acids is 1. The first-order chi connectivity index (χ1) is 9.93. The number of benzene rings is 1. The summed E-state index contributed by atoms with van der Waals surface area (Å²) in [5.41, 5.74) is 2.17. The SMILES string of the molecule is O=C(CSCC(Cc1cccc(C(=O)O)c1)C(=O)O)NO. The fourth-order valence-electron chi connectivity index (χ4n) is 1.66. The summed E-state index contributed by atoms with van der Waals surface area (Å²) in [7, 11) is 0. The first-order valence-corrected chi connectivity index (χ1v) is 7.15. The van der Waals surface area contributed by atoms with Gasteiger partial charge in [0, 0.05) is 5.75 Å². The van der Waals surface area contributed by atoms with E-state index in [0.29, 0.717) is 5.56 Å². The summed E-state index contributed by atoms with van der Waals surface area (Å²) in [6, 6.07) is 6.09. The van der Waals surface area contributed by atoms with Gasteiger partial charge < -0.3 is 10.2 Å². The Morgan fingerprint density at radius 2 is 1.95 bits per heavy atom. The highest BCUT2D eigenvalue weighted by atomic mass is 32.2. The van der Waals surface area contributed by atoms with Crippen LogP contribution in [0.5, 0.6) is 0 Å². The van der Waals surface area contributed by atoms with Crippen LogP contribution in [0.4, 0.5) is 0 Å². The third kappa shape index (κ3) is 5.84. The number of nitrogens with one attached hydrogen (secondary N) is 1. The maximum absolute atomic E-state index is 11.2. The van der Waals surface area contributed by atoms with E-state index in [0.717, 1.165) is 11.8 Å². The van der Waals surface area contributed by atoms with E-state index in [9.17, 15) is 14.4 Å². The van der Waals surface area contributed by atoms with Crippen LogP contribution in [-0.2, 0) is 16.0 Å². The van der Waals surface area contributed by atoms with Crippen molar-refractivity contribution in [3.8, 4) is 0 Å². The zero-order valence-electron chi connectivity index (χ0n) is 11.0. The molecule has 0 radical (unpaired) electrons. The Labute approximate surface area is 124 Å². The Bertz CT molecular complexity index is 533. The van der Waals surface area contributed by atoms with Gasteiger partial charge in [-0.05, 0) is 24.1 Å². The van der Waals surface area contributed by atoms with Crippen LogP contribution in [0.2, 0.25) is 0 Å². The number of aliphatic carboxylic acids is 1. The van der Waals surface area contributed by atoms with Gasteiger partial charge in [0.05, 0.1) is 17.2 Å². The minimum Gasteiger partial charge on any atom is -0.481 e. The van der Waals surface area contributed by atoms with Crippen LogP contribution in [-0.4, -0.2) is 44.8 Å². The molecule has 4 N–H and O–H groups in total. The zero-order valence-corrected chi connectivity index (χ0v) is 11.8. The van der Waals surface area contributed by atoms with Crippen LogP contribution in [0.1, 0.15) is 15.9 Å². The van der Waals surface area contributed by atoms with Gasteiger partial charge in [-0.2, -0.15) is 11.8 Å². The van der Waals surface area contributed by atoms with Gasteiger partial charge in [0.1, 0.15) is 0 Å². The summed E-state index contributed by atoms with van der Waals surface area (Å²) >= 11 is 1.08. The average Bonchev–Trinajstić information content (AvgIpc) is 2.46. The Morgan fingerprint density at radius 3 is 2.52 bits per heavy atom. The van der Waals surface area contributed by atoms with Crippen LogP contribution in [0, 0.1) is 5.92 Å². The Balaban J connectivity index is 2.66. The van der Waals surface area contributed by atoms with Crippen molar-refractivity contribution in [1.29, 1.82) is 0 Å². The molecule has 8 heteroatoms. The van der Waals surface area contributed by atoms with Crippen LogP contribution >= 0.6 is 11.8 Å². The number of hydroxylamine groups is 1. The lowest BCUT2D eigenvalue weighted by Crippen LogP contribution is -2.23. The van der Waals surface area contributed by atoms with E-state index in [4.69, 9.17) is 15.4 Å². The van der Waals surface area contributed by atoms with Crippen molar-refractivity contribution in [3.05, 3.63) is 35.4 Å². The summed E-state index contributed by atoms with van der Waals surface area (Å²) in [6.45, 7) is 0. The molecule has 0 saturated heterocycles. The van der Waals surface area contributed by atoms with Gasteiger partial charge in [0.25, 0.3) is 5.91 Å². The van der Waals surface area contributed by atoms with Crippen molar-refractivity contribution in [2.45, 2.75) is 6.42 Å². The number of amides is 1. The number of thioether (sulfide) groups is 1. The standard InChI is InChI=1S/C13H15NO6S/c15-11(14-20)7-21-6-10(13(18)19)5-8-2-1-3-9(4-8)12(16)17/h1-4,10,20H,5-7H2,(H,14,15)(H,16,17)(H,18,19). The summed E-state index contributed by atoms with van der Waals surface area (Å²) < 4.78 is 0. The second kappa shape index (κ2) is 8.28. The van der Waals surface area contributed by atoms with Crippen LogP contribution in [0.3, 0.4) is 0 Å². The minimum atomic E-state index is -1.07. The van der Waals surface area contributed by atoms with E-state index in [1.54, 1.807) is 12.1 Å². The highest BCUT2D eigenvalue weighted by Crippen LogP contribution is 2.16. The average molecular weight is 313 g/mol. The molecule has 0 aliphatic carbocycles. The van der Waals surface area contributed by atoms with E-state index < -0.39 is 23.8 Å². The van der Waals surface area contributed by atoms with E-state index in [2.05, 4.69) is 0 Å². The lowest BCUT2D eigenvalue weighted by Gasteiger charge is -2.12. The molecule has 0 aliphatic heterocycles. The topological polar surface area (TPSA) is 124 Å². The molecule has 0 heterocycles. The van der Waals surface area contributed by atoms with Crippen molar-refractivity contribution in [1.82, 2.24) is 5.48 Å². The van der Waals surface area contributed by atoms with Crippen molar-refractivity contribution >= 4 is 29.6 Å². The lowest BCUT2D eigenvalue weighted by molar-refractivity contribution is -0.140. The van der Waals surface area contributed by atoms with Crippen LogP contribution in [0.25, 0.3) is 0 Å². The monoisotopic (exact) mass is 313 g/mol. The number of hydrogen-bond acceptors (Lipinski definition) is 5. The predicted molar refractivity (Wildman–Crippen MR) is 75.5 cm³/mol. The van der Waals surface area contributed by atoms with Crippen LogP contribution in [0.15, 0.2) is 24.3 Å². The molecule has 1 rings (SSSR count). The Morgan fingerprint density at radius 1 is 1.24 bits per heavy atom. The maximum Gasteiger partial charge on any atom is 0.335 e. The van der Waals surface area contributed by atoms with E-state index in [1.807, 2.05) is 0 Å². The first-order valence-electron chi connectivity index (χ1n) is 5.99. The van der Waals surface area contributed by atoms with Gasteiger partial charge in [-0.15, -0.1) is 0 Å². The maximum atomic E-state index is 11.2. The van der Waals surface area contributed by atoms with Gasteiger partial charge in [-0.25, -0.2) is 10.3 Å². The van der Waals surface area contributed by atoms with Crippen molar-refractivity contribution in [2.24, 2.45) is 5.92 Å². The second-order valence-corrected chi connectivity index (χ2v) is 5.33. The highest BCUT2D eigenvalue weighted by Gasteiger charge is 2.19. The molecule has 0 bridgehead atoms. The largest absolute Gasteiger partial charge is 0.481 e. The molecule has 1 atom stereocenters. The highest BCUT2D eigenvalue weighted by molar-refractivity contribution is 7.99. The fourth-order valence-corrected chi connectivity index (χ4v) is 2.57. The summed E-state index contributed by atoms with van der Waals surface area (Å²) in [6.07, 6.45) is 0.171. The lowest BCUT2D eigenvalue weighted by atomic mass is 9.99. The molecule has 0 saturated carbocycles. The molecule has 1 unspecified atom stereocenters. The Kier molecular flexibility index (Phi) is 6.70. The van der Waals surface area contributed by atoms with Gasteiger partial charge in [0.15, 0.2) is 0 Å².